The van der Waals surface area contributed by atoms with Gasteiger partial charge >= 0.3 is 0 Å². The molecule has 10 heteroatoms. The highest BCUT2D eigenvalue weighted by atomic mass is 19.1. The minimum Gasteiger partial charge on any atom is -0.451 e. The number of furan rings is 1. The molecule has 0 bridgehead atoms. The van der Waals surface area contributed by atoms with Gasteiger partial charge in [-0.3, -0.25) is 9.59 Å². The fourth-order valence-corrected chi connectivity index (χ4v) is 4.06. The highest BCUT2D eigenvalue weighted by Gasteiger charge is 2.20. The molecule has 0 aliphatic rings. The second kappa shape index (κ2) is 11.3. The molecule has 1 N–H and O–H groups in total. The first kappa shape index (κ1) is 26.5. The number of rotatable bonds is 9. The van der Waals surface area contributed by atoms with Gasteiger partial charge in [0.25, 0.3) is 18.3 Å². The monoisotopic (exact) mass is 543 g/mol. The summed E-state index contributed by atoms with van der Waals surface area (Å²) in [5.74, 6) is -0.948. The van der Waals surface area contributed by atoms with Gasteiger partial charge in [0.05, 0.1) is 5.56 Å². The Kier molecular flexibility index (Phi) is 7.50. The summed E-state index contributed by atoms with van der Waals surface area (Å²) in [7, 11) is 0. The summed E-state index contributed by atoms with van der Waals surface area (Å²) in [6.45, 7) is 3.77. The lowest BCUT2D eigenvalue weighted by Gasteiger charge is -2.16. The van der Waals surface area contributed by atoms with E-state index in [2.05, 4.69) is 15.5 Å². The average Bonchev–Trinajstić information content (AvgIpc) is 3.62. The van der Waals surface area contributed by atoms with Crippen molar-refractivity contribution >= 4 is 12.4 Å². The Hall–Kier alpha value is -5.12. The Bertz CT molecular complexity index is 1680. The van der Waals surface area contributed by atoms with Gasteiger partial charge in [0.1, 0.15) is 17.4 Å². The third-order valence-electron chi connectivity index (χ3n) is 6.20. The molecule has 2 aromatic heterocycles. The van der Waals surface area contributed by atoms with Crippen LogP contribution in [0.25, 0.3) is 34.2 Å². The van der Waals surface area contributed by atoms with Crippen molar-refractivity contribution in [2.24, 2.45) is 0 Å². The van der Waals surface area contributed by atoms with E-state index in [1.54, 1.807) is 25.1 Å². The van der Waals surface area contributed by atoms with Gasteiger partial charge in [-0.15, -0.1) is 0 Å². The van der Waals surface area contributed by atoms with Crippen molar-refractivity contribution in [3.05, 3.63) is 107 Å². The average molecular weight is 544 g/mol. The number of ether oxygens (including phenoxy) is 1. The van der Waals surface area contributed by atoms with E-state index < -0.39 is 18.0 Å². The Morgan fingerprint density at radius 1 is 0.975 bits per heavy atom. The predicted molar refractivity (Wildman–Crippen MR) is 141 cm³/mol. The molecule has 0 unspecified atom stereocenters. The molecule has 0 saturated heterocycles. The van der Waals surface area contributed by atoms with E-state index in [1.165, 1.54) is 30.3 Å². The summed E-state index contributed by atoms with van der Waals surface area (Å²) >= 11 is 0. The van der Waals surface area contributed by atoms with Crippen LogP contribution in [-0.2, 0) is 16.0 Å². The SMILES string of the molecule is Cc1ccc(-c2nc(-c3ccc(C[C@H](NC(=O)c4ccc(-c5ccc(F)c(C)c5)o4)OC=O)cc3F)no2)cc1. The van der Waals surface area contributed by atoms with Gasteiger partial charge in [-0.25, -0.2) is 8.78 Å². The van der Waals surface area contributed by atoms with Crippen LogP contribution in [0.2, 0.25) is 0 Å². The lowest BCUT2D eigenvalue weighted by Crippen LogP contribution is -2.38. The van der Waals surface area contributed by atoms with Gasteiger partial charge < -0.3 is 19.0 Å². The first-order chi connectivity index (χ1) is 19.3. The highest BCUT2D eigenvalue weighted by molar-refractivity contribution is 5.92. The lowest BCUT2D eigenvalue weighted by molar-refractivity contribution is -0.134. The number of nitrogens with one attached hydrogen (secondary N) is 1. The number of aromatic nitrogens is 2. The Labute approximate surface area is 227 Å². The van der Waals surface area contributed by atoms with Crippen LogP contribution in [0.5, 0.6) is 0 Å². The van der Waals surface area contributed by atoms with Gasteiger partial charge in [-0.2, -0.15) is 4.98 Å². The van der Waals surface area contributed by atoms with E-state index in [9.17, 15) is 14.0 Å². The standard InChI is InChI=1S/C30H23F2N3O5/c1-17-3-6-20(7-4-17)30-34-28(35-40-30)22-9-5-19(14-24(22)32)15-27(38-16-36)33-29(37)26-12-11-25(39-26)21-8-10-23(31)18(2)13-21/h3-14,16,27H,15H2,1-2H3,(H,33,37)/t27-/m1/s1. The van der Waals surface area contributed by atoms with Crippen LogP contribution in [0.3, 0.4) is 0 Å². The minimum atomic E-state index is -1.10. The van der Waals surface area contributed by atoms with Crippen LogP contribution in [0, 0.1) is 25.5 Å². The summed E-state index contributed by atoms with van der Waals surface area (Å²) in [6.07, 6.45) is -1.12. The van der Waals surface area contributed by atoms with Crippen molar-refractivity contribution in [1.82, 2.24) is 15.5 Å². The second-order valence-electron chi connectivity index (χ2n) is 9.13. The molecule has 3 aromatic carbocycles. The van der Waals surface area contributed by atoms with Crippen LogP contribution in [0.15, 0.2) is 81.7 Å². The summed E-state index contributed by atoms with van der Waals surface area (Å²) in [5, 5.41) is 6.44. The van der Waals surface area contributed by atoms with E-state index in [4.69, 9.17) is 13.7 Å². The summed E-state index contributed by atoms with van der Waals surface area (Å²) in [4.78, 5) is 28.1. The number of hydrogen-bond donors (Lipinski definition) is 1. The fourth-order valence-electron chi connectivity index (χ4n) is 4.06. The highest BCUT2D eigenvalue weighted by Crippen LogP contribution is 2.26. The zero-order valence-electron chi connectivity index (χ0n) is 21.5. The van der Waals surface area contributed by atoms with E-state index in [0.29, 0.717) is 28.0 Å². The van der Waals surface area contributed by atoms with Crippen molar-refractivity contribution in [1.29, 1.82) is 0 Å². The molecule has 0 aliphatic carbocycles. The van der Waals surface area contributed by atoms with Crippen LogP contribution in [-0.4, -0.2) is 28.7 Å². The molecule has 8 nitrogen and oxygen atoms in total. The third-order valence-corrected chi connectivity index (χ3v) is 6.20. The molecular weight excluding hydrogens is 520 g/mol. The van der Waals surface area contributed by atoms with Crippen molar-refractivity contribution in [3.63, 3.8) is 0 Å². The Morgan fingerprint density at radius 3 is 2.48 bits per heavy atom. The summed E-state index contributed by atoms with van der Waals surface area (Å²) in [6, 6.07) is 19.3. The molecule has 0 radical (unpaired) electrons. The maximum atomic E-state index is 15.0. The van der Waals surface area contributed by atoms with Crippen molar-refractivity contribution < 1.29 is 32.0 Å². The first-order valence-electron chi connectivity index (χ1n) is 12.3. The Morgan fingerprint density at radius 2 is 1.75 bits per heavy atom. The maximum absolute atomic E-state index is 15.0. The number of amides is 1. The fraction of sp³-hybridized carbons (Fsp3) is 0.133. The first-order valence-corrected chi connectivity index (χ1v) is 12.3. The van der Waals surface area contributed by atoms with Gasteiger partial charge in [-0.05, 0) is 79.6 Å². The van der Waals surface area contributed by atoms with Gasteiger partial charge in [0, 0.05) is 17.5 Å². The van der Waals surface area contributed by atoms with E-state index in [1.807, 2.05) is 31.2 Å². The molecule has 1 amide bonds. The molecular formula is C30H23F2N3O5. The smallest absolute Gasteiger partial charge is 0.295 e. The van der Waals surface area contributed by atoms with Crippen LogP contribution >= 0.6 is 0 Å². The third kappa shape index (κ3) is 5.80. The molecule has 5 rings (SSSR count). The van der Waals surface area contributed by atoms with Crippen LogP contribution < -0.4 is 5.32 Å². The zero-order valence-corrected chi connectivity index (χ0v) is 21.5. The lowest BCUT2D eigenvalue weighted by atomic mass is 10.1. The van der Waals surface area contributed by atoms with Crippen molar-refractivity contribution in [3.8, 4) is 34.2 Å². The topological polar surface area (TPSA) is 107 Å². The Balaban J connectivity index is 1.27. The molecule has 2 heterocycles. The van der Waals surface area contributed by atoms with Gasteiger partial charge in [0.2, 0.25) is 5.82 Å². The molecule has 0 saturated carbocycles. The van der Waals surface area contributed by atoms with Crippen molar-refractivity contribution in [2.75, 3.05) is 0 Å². The largest absolute Gasteiger partial charge is 0.451 e. The molecule has 1 atom stereocenters. The van der Waals surface area contributed by atoms with Crippen LogP contribution in [0.1, 0.15) is 27.2 Å². The van der Waals surface area contributed by atoms with Gasteiger partial charge in [-0.1, -0.05) is 28.9 Å². The second-order valence-corrected chi connectivity index (χ2v) is 9.13. The number of aryl methyl sites for hydroxylation is 2. The minimum absolute atomic E-state index is 0.0206. The maximum Gasteiger partial charge on any atom is 0.295 e. The molecule has 40 heavy (non-hydrogen) atoms. The van der Waals surface area contributed by atoms with Crippen molar-refractivity contribution in [2.45, 2.75) is 26.5 Å². The molecule has 202 valence electrons. The quantitative estimate of drug-likeness (QED) is 0.179. The number of carbonyl (C=O) groups excluding carboxylic acids is 2. The van der Waals surface area contributed by atoms with Crippen LogP contribution in [0.4, 0.5) is 8.78 Å². The number of benzene rings is 3. The predicted octanol–water partition coefficient (Wildman–Crippen LogP) is 6.03. The molecule has 0 spiro atoms. The summed E-state index contributed by atoms with van der Waals surface area (Å²) in [5.41, 5.74) is 3.39. The number of halogens is 2. The van der Waals surface area contributed by atoms with E-state index in [0.717, 1.165) is 5.56 Å². The van der Waals surface area contributed by atoms with E-state index in [-0.39, 0.29) is 41.7 Å². The summed E-state index contributed by atoms with van der Waals surface area (Å²) < 4.78 is 44.5. The number of carbonyl (C=O) groups is 2. The normalized spacial score (nSPS) is 11.7. The number of hydrogen-bond acceptors (Lipinski definition) is 7. The zero-order chi connectivity index (χ0) is 28.2. The molecule has 0 aliphatic heterocycles. The molecule has 5 aromatic rings. The van der Waals surface area contributed by atoms with Gasteiger partial charge in [0.15, 0.2) is 12.0 Å². The number of nitrogens with zero attached hydrogens (tertiary/aromatic N) is 2. The molecule has 0 fully saturated rings. The van der Waals surface area contributed by atoms with E-state index >= 15 is 4.39 Å².